The third-order valence-corrected chi connectivity index (χ3v) is 6.90. The number of benzene rings is 5. The first-order valence-corrected chi connectivity index (χ1v) is 11.7. The summed E-state index contributed by atoms with van der Waals surface area (Å²) in [6, 6.07) is 39.2. The van der Waals surface area contributed by atoms with Crippen LogP contribution in [0.15, 0.2) is 115 Å². The fourth-order valence-corrected chi connectivity index (χ4v) is 5.43. The molecule has 0 atom stereocenters. The Morgan fingerprint density at radius 2 is 0.743 bits per heavy atom. The van der Waals surface area contributed by atoms with Crippen molar-refractivity contribution in [2.75, 3.05) is 0 Å². The summed E-state index contributed by atoms with van der Waals surface area (Å²) < 4.78 is 4.40. The largest absolute Gasteiger partial charge is 0.488 e. The molecule has 35 heavy (non-hydrogen) atoms. The van der Waals surface area contributed by atoms with Gasteiger partial charge in [-0.1, -0.05) is 72.8 Å². The molecule has 0 aliphatic rings. The molecule has 0 aliphatic heterocycles. The lowest BCUT2D eigenvalue weighted by molar-refractivity contribution is 0.425. The normalized spacial score (nSPS) is 11.7. The Labute approximate surface area is 202 Å². The van der Waals surface area contributed by atoms with Crippen molar-refractivity contribution in [1.82, 2.24) is 9.13 Å². The molecular weight excluding hydrogens is 431 g/mol. The molecule has 0 amide bonds. The predicted octanol–water partition coefficient (Wildman–Crippen LogP) is 5.56. The minimum Gasteiger partial charge on any atom is -0.423 e. The second kappa shape index (κ2) is 7.60. The summed E-state index contributed by atoms with van der Waals surface area (Å²) in [6.45, 7) is 0. The van der Waals surface area contributed by atoms with E-state index in [1.807, 2.05) is 36.4 Å². The minimum atomic E-state index is -1.59. The molecule has 2 heterocycles. The van der Waals surface area contributed by atoms with E-state index in [1.165, 1.54) is 0 Å². The molecule has 0 fully saturated rings. The van der Waals surface area contributed by atoms with Gasteiger partial charge in [-0.2, -0.15) is 0 Å². The molecular formula is C30H21BN2O2. The summed E-state index contributed by atoms with van der Waals surface area (Å²) in [6.07, 6.45) is 0. The fourth-order valence-electron chi connectivity index (χ4n) is 5.43. The number of hydrogen-bond donors (Lipinski definition) is 2. The molecule has 0 radical (unpaired) electrons. The molecule has 0 bridgehead atoms. The summed E-state index contributed by atoms with van der Waals surface area (Å²) in [5, 5.41) is 25.2. The summed E-state index contributed by atoms with van der Waals surface area (Å²) >= 11 is 0. The maximum absolute atomic E-state index is 10.3. The van der Waals surface area contributed by atoms with E-state index in [0.717, 1.165) is 55.0 Å². The van der Waals surface area contributed by atoms with E-state index in [2.05, 4.69) is 88.0 Å². The Morgan fingerprint density at radius 1 is 0.429 bits per heavy atom. The topological polar surface area (TPSA) is 50.3 Å². The van der Waals surface area contributed by atoms with Gasteiger partial charge in [0.2, 0.25) is 0 Å². The van der Waals surface area contributed by atoms with E-state index in [1.54, 1.807) is 0 Å². The Morgan fingerprint density at radius 3 is 1.06 bits per heavy atom. The lowest BCUT2D eigenvalue weighted by Gasteiger charge is -2.15. The number of hydrogen-bond acceptors (Lipinski definition) is 2. The van der Waals surface area contributed by atoms with Gasteiger partial charge in [-0.05, 0) is 47.9 Å². The molecule has 0 saturated heterocycles. The second-order valence-corrected chi connectivity index (χ2v) is 8.90. The highest BCUT2D eigenvalue weighted by atomic mass is 16.4. The SMILES string of the molecule is OB(O)c1cc(-n2c3ccccc3c3ccccc32)cc(-n2c3ccccc3c3ccccc32)c1. The first-order valence-electron chi connectivity index (χ1n) is 11.7. The lowest BCUT2D eigenvalue weighted by Crippen LogP contribution is -2.30. The van der Waals surface area contributed by atoms with Crippen LogP contribution < -0.4 is 5.46 Å². The highest BCUT2D eigenvalue weighted by Gasteiger charge is 2.19. The van der Waals surface area contributed by atoms with Crippen LogP contribution in [-0.2, 0) is 0 Å². The molecule has 7 rings (SSSR count). The average molecular weight is 452 g/mol. The highest BCUT2D eigenvalue weighted by Crippen LogP contribution is 2.35. The standard InChI is InChI=1S/C30H21BN2O2/c34-31(35)20-17-21(32-27-13-5-1-9-23(27)24-10-2-6-14-28(24)32)19-22(18-20)33-29-15-7-3-11-25(29)26-12-4-8-16-30(26)33/h1-19,34-35H. The summed E-state index contributed by atoms with van der Waals surface area (Å²) in [5.41, 5.74) is 6.51. The van der Waals surface area contributed by atoms with Gasteiger partial charge < -0.3 is 19.2 Å². The van der Waals surface area contributed by atoms with Gasteiger partial charge in [-0.25, -0.2) is 0 Å². The van der Waals surface area contributed by atoms with Crippen LogP contribution in [0.2, 0.25) is 0 Å². The molecule has 0 unspecified atom stereocenters. The van der Waals surface area contributed by atoms with Crippen LogP contribution in [0.1, 0.15) is 0 Å². The monoisotopic (exact) mass is 452 g/mol. The summed E-state index contributed by atoms with van der Waals surface area (Å²) in [4.78, 5) is 0. The lowest BCUT2D eigenvalue weighted by atomic mass is 9.80. The van der Waals surface area contributed by atoms with Crippen LogP contribution >= 0.6 is 0 Å². The van der Waals surface area contributed by atoms with Crippen LogP contribution in [-0.4, -0.2) is 26.3 Å². The van der Waals surface area contributed by atoms with E-state index < -0.39 is 7.12 Å². The van der Waals surface area contributed by atoms with Crippen molar-refractivity contribution in [2.24, 2.45) is 0 Å². The molecule has 166 valence electrons. The van der Waals surface area contributed by atoms with Crippen molar-refractivity contribution in [2.45, 2.75) is 0 Å². The van der Waals surface area contributed by atoms with Gasteiger partial charge in [-0.15, -0.1) is 0 Å². The van der Waals surface area contributed by atoms with Crippen LogP contribution in [0.5, 0.6) is 0 Å². The third kappa shape index (κ3) is 2.96. The zero-order valence-electron chi connectivity index (χ0n) is 18.8. The van der Waals surface area contributed by atoms with E-state index in [0.29, 0.717) is 5.46 Å². The summed E-state index contributed by atoms with van der Waals surface area (Å²) in [7, 11) is -1.59. The first kappa shape index (κ1) is 20.1. The number of rotatable bonds is 3. The zero-order valence-corrected chi connectivity index (χ0v) is 18.8. The number of fused-ring (bicyclic) bond motifs is 6. The molecule has 5 aromatic carbocycles. The Balaban J connectivity index is 1.60. The Hall–Kier alpha value is -4.32. The van der Waals surface area contributed by atoms with Crippen molar-refractivity contribution in [1.29, 1.82) is 0 Å². The van der Waals surface area contributed by atoms with Gasteiger partial charge in [0.15, 0.2) is 0 Å². The molecule has 5 heteroatoms. The van der Waals surface area contributed by atoms with Crippen molar-refractivity contribution >= 4 is 56.2 Å². The Kier molecular flexibility index (Phi) is 4.36. The minimum absolute atomic E-state index is 0.446. The number of para-hydroxylation sites is 4. The van der Waals surface area contributed by atoms with Gasteiger partial charge in [-0.3, -0.25) is 0 Å². The van der Waals surface area contributed by atoms with Gasteiger partial charge in [0.05, 0.1) is 22.1 Å². The van der Waals surface area contributed by atoms with Crippen molar-refractivity contribution < 1.29 is 10.0 Å². The first-order chi connectivity index (χ1) is 17.2. The number of nitrogens with zero attached hydrogens (tertiary/aromatic N) is 2. The predicted molar refractivity (Wildman–Crippen MR) is 145 cm³/mol. The average Bonchev–Trinajstić information content (AvgIpc) is 3.42. The summed E-state index contributed by atoms with van der Waals surface area (Å²) in [5.74, 6) is 0. The van der Waals surface area contributed by atoms with Crippen LogP contribution in [0.3, 0.4) is 0 Å². The molecule has 2 N–H and O–H groups in total. The van der Waals surface area contributed by atoms with Gasteiger partial charge in [0.1, 0.15) is 0 Å². The highest BCUT2D eigenvalue weighted by molar-refractivity contribution is 6.58. The molecule has 0 aliphatic carbocycles. The quantitative estimate of drug-likeness (QED) is 0.345. The maximum Gasteiger partial charge on any atom is 0.488 e. The van der Waals surface area contributed by atoms with E-state index in [-0.39, 0.29) is 0 Å². The second-order valence-electron chi connectivity index (χ2n) is 8.90. The van der Waals surface area contributed by atoms with Crippen molar-refractivity contribution in [3.63, 3.8) is 0 Å². The van der Waals surface area contributed by atoms with Crippen LogP contribution in [0, 0.1) is 0 Å². The smallest absolute Gasteiger partial charge is 0.423 e. The van der Waals surface area contributed by atoms with Gasteiger partial charge >= 0.3 is 7.12 Å². The van der Waals surface area contributed by atoms with Crippen LogP contribution in [0.25, 0.3) is 55.0 Å². The molecule has 4 nitrogen and oxygen atoms in total. The van der Waals surface area contributed by atoms with Crippen molar-refractivity contribution in [3.05, 3.63) is 115 Å². The third-order valence-electron chi connectivity index (χ3n) is 6.90. The Bertz CT molecular complexity index is 1660. The molecule has 0 spiro atoms. The number of aromatic nitrogens is 2. The molecule has 0 saturated carbocycles. The fraction of sp³-hybridized carbons (Fsp3) is 0. The van der Waals surface area contributed by atoms with Crippen LogP contribution in [0.4, 0.5) is 0 Å². The van der Waals surface area contributed by atoms with E-state index >= 15 is 0 Å². The molecule has 2 aromatic heterocycles. The maximum atomic E-state index is 10.3. The van der Waals surface area contributed by atoms with Gasteiger partial charge in [0.25, 0.3) is 0 Å². The van der Waals surface area contributed by atoms with Gasteiger partial charge in [0, 0.05) is 32.9 Å². The molecule has 7 aromatic rings. The zero-order chi connectivity index (χ0) is 23.5. The van der Waals surface area contributed by atoms with E-state index in [4.69, 9.17) is 0 Å². The van der Waals surface area contributed by atoms with Crippen molar-refractivity contribution in [3.8, 4) is 11.4 Å². The van der Waals surface area contributed by atoms with E-state index in [9.17, 15) is 10.0 Å².